The summed E-state index contributed by atoms with van der Waals surface area (Å²) >= 11 is 1.68. The van der Waals surface area contributed by atoms with Crippen LogP contribution in [0.15, 0.2) is 23.1 Å². The van der Waals surface area contributed by atoms with E-state index in [9.17, 15) is 9.59 Å². The highest BCUT2D eigenvalue weighted by molar-refractivity contribution is 7.98. The van der Waals surface area contributed by atoms with Crippen molar-refractivity contribution in [1.29, 1.82) is 0 Å². The Morgan fingerprint density at radius 2 is 2.18 bits per heavy atom. The monoisotopic (exact) mass is 248 g/mol. The SMILES string of the molecule is CSc1ccc2c(c1)CC[C@]21NC(=O)NC1=O. The summed E-state index contributed by atoms with van der Waals surface area (Å²) in [5.74, 6) is -0.224. The summed E-state index contributed by atoms with van der Waals surface area (Å²) in [6.45, 7) is 0. The average molecular weight is 248 g/mol. The highest BCUT2D eigenvalue weighted by atomic mass is 32.2. The van der Waals surface area contributed by atoms with Crippen LogP contribution in [0.3, 0.4) is 0 Å². The fourth-order valence-corrected chi connectivity index (χ4v) is 3.10. The van der Waals surface area contributed by atoms with Crippen LogP contribution in [0.1, 0.15) is 17.5 Å². The van der Waals surface area contributed by atoms with E-state index in [1.807, 2.05) is 18.4 Å². The van der Waals surface area contributed by atoms with E-state index in [1.165, 1.54) is 4.90 Å². The molecule has 1 aliphatic heterocycles. The molecule has 2 N–H and O–H groups in total. The number of hydrogen-bond donors (Lipinski definition) is 2. The first-order chi connectivity index (χ1) is 8.15. The molecule has 0 aromatic heterocycles. The number of hydrogen-bond acceptors (Lipinski definition) is 3. The smallest absolute Gasteiger partial charge is 0.319 e. The lowest BCUT2D eigenvalue weighted by Crippen LogP contribution is -2.41. The molecule has 88 valence electrons. The van der Waals surface area contributed by atoms with Gasteiger partial charge in [-0.1, -0.05) is 6.07 Å². The lowest BCUT2D eigenvalue weighted by atomic mass is 9.92. The molecule has 0 unspecified atom stereocenters. The molecule has 0 radical (unpaired) electrons. The number of carbonyl (C=O) groups is 2. The zero-order chi connectivity index (χ0) is 12.0. The van der Waals surface area contributed by atoms with E-state index in [-0.39, 0.29) is 5.91 Å². The van der Waals surface area contributed by atoms with Crippen LogP contribution in [0, 0.1) is 0 Å². The van der Waals surface area contributed by atoms with Crippen LogP contribution in [0.5, 0.6) is 0 Å². The Kier molecular flexibility index (Phi) is 2.19. The molecule has 4 nitrogen and oxygen atoms in total. The fraction of sp³-hybridized carbons (Fsp3) is 0.333. The van der Waals surface area contributed by atoms with Gasteiger partial charge in [-0.15, -0.1) is 11.8 Å². The maximum Gasteiger partial charge on any atom is 0.322 e. The second kappa shape index (κ2) is 3.50. The summed E-state index contributed by atoms with van der Waals surface area (Å²) in [4.78, 5) is 24.4. The van der Waals surface area contributed by atoms with Crippen molar-refractivity contribution in [2.75, 3.05) is 6.26 Å². The number of nitrogens with one attached hydrogen (secondary N) is 2. The normalized spacial score (nSPS) is 25.9. The van der Waals surface area contributed by atoms with Crippen molar-refractivity contribution in [3.8, 4) is 0 Å². The number of imide groups is 1. The van der Waals surface area contributed by atoms with Crippen LogP contribution in [0.2, 0.25) is 0 Å². The van der Waals surface area contributed by atoms with Gasteiger partial charge in [0.2, 0.25) is 0 Å². The predicted molar refractivity (Wildman–Crippen MR) is 64.9 cm³/mol. The van der Waals surface area contributed by atoms with Crippen molar-refractivity contribution in [1.82, 2.24) is 10.6 Å². The molecule has 1 fully saturated rings. The van der Waals surface area contributed by atoms with Gasteiger partial charge in [-0.3, -0.25) is 10.1 Å². The Bertz CT molecular complexity index is 529. The number of amides is 3. The molecule has 1 heterocycles. The number of rotatable bonds is 1. The topological polar surface area (TPSA) is 58.2 Å². The van der Waals surface area contributed by atoms with Crippen LogP contribution < -0.4 is 10.6 Å². The van der Waals surface area contributed by atoms with E-state index in [0.717, 1.165) is 17.5 Å². The van der Waals surface area contributed by atoms with E-state index < -0.39 is 11.6 Å². The van der Waals surface area contributed by atoms with Crippen LogP contribution in [0.25, 0.3) is 0 Å². The van der Waals surface area contributed by atoms with E-state index in [1.54, 1.807) is 11.8 Å². The van der Waals surface area contributed by atoms with Crippen LogP contribution in [-0.4, -0.2) is 18.2 Å². The van der Waals surface area contributed by atoms with Gasteiger partial charge in [0.25, 0.3) is 5.91 Å². The third kappa shape index (κ3) is 1.38. The summed E-state index contributed by atoms with van der Waals surface area (Å²) in [6, 6.07) is 5.66. The fourth-order valence-electron chi connectivity index (χ4n) is 2.63. The predicted octanol–water partition coefficient (Wildman–Crippen LogP) is 1.39. The van der Waals surface area contributed by atoms with Crippen molar-refractivity contribution in [3.05, 3.63) is 29.3 Å². The Labute approximate surface area is 103 Å². The molecule has 1 atom stereocenters. The van der Waals surface area contributed by atoms with Gasteiger partial charge in [0.05, 0.1) is 0 Å². The zero-order valence-corrected chi connectivity index (χ0v) is 10.2. The molecule has 3 rings (SSSR count). The Hall–Kier alpha value is -1.49. The average Bonchev–Trinajstić information content (AvgIpc) is 2.81. The van der Waals surface area contributed by atoms with Crippen LogP contribution in [0.4, 0.5) is 4.79 Å². The molecule has 17 heavy (non-hydrogen) atoms. The molecule has 3 amide bonds. The minimum atomic E-state index is -0.816. The Balaban J connectivity index is 2.10. The minimum Gasteiger partial charge on any atom is -0.319 e. The minimum absolute atomic E-state index is 0.224. The van der Waals surface area contributed by atoms with E-state index in [0.29, 0.717) is 6.42 Å². The van der Waals surface area contributed by atoms with Crippen molar-refractivity contribution in [3.63, 3.8) is 0 Å². The summed E-state index contributed by atoms with van der Waals surface area (Å²) in [5.41, 5.74) is 1.29. The lowest BCUT2D eigenvalue weighted by molar-refractivity contribution is -0.124. The van der Waals surface area contributed by atoms with Gasteiger partial charge < -0.3 is 5.32 Å². The van der Waals surface area contributed by atoms with Crippen LogP contribution in [-0.2, 0) is 16.8 Å². The van der Waals surface area contributed by atoms with E-state index >= 15 is 0 Å². The molecule has 5 heteroatoms. The second-order valence-electron chi connectivity index (χ2n) is 4.34. The first-order valence-corrected chi connectivity index (χ1v) is 6.69. The molecule has 1 spiro atoms. The van der Waals surface area contributed by atoms with Crippen molar-refractivity contribution >= 4 is 23.7 Å². The number of thioether (sulfide) groups is 1. The van der Waals surface area contributed by atoms with Gasteiger partial charge >= 0.3 is 6.03 Å². The van der Waals surface area contributed by atoms with Crippen molar-refractivity contribution in [2.24, 2.45) is 0 Å². The maximum atomic E-state index is 11.9. The quantitative estimate of drug-likeness (QED) is 0.583. The van der Waals surface area contributed by atoms with Gasteiger partial charge in [0.15, 0.2) is 0 Å². The maximum absolute atomic E-state index is 11.9. The molecule has 1 aromatic carbocycles. The number of aryl methyl sites for hydroxylation is 1. The van der Waals surface area contributed by atoms with Gasteiger partial charge in [0, 0.05) is 4.90 Å². The number of urea groups is 1. The number of benzene rings is 1. The summed E-state index contributed by atoms with van der Waals surface area (Å²) in [5, 5.41) is 5.09. The molecular formula is C12H12N2O2S. The molecule has 0 saturated carbocycles. The Morgan fingerprint density at radius 1 is 1.35 bits per heavy atom. The third-order valence-corrected chi connectivity index (χ3v) is 4.21. The summed E-state index contributed by atoms with van der Waals surface area (Å²) in [7, 11) is 0. The van der Waals surface area contributed by atoms with E-state index in [2.05, 4.69) is 16.7 Å². The van der Waals surface area contributed by atoms with Gasteiger partial charge in [0.1, 0.15) is 5.54 Å². The summed E-state index contributed by atoms with van der Waals surface area (Å²) in [6.07, 6.45) is 3.51. The standard InChI is InChI=1S/C12H12N2O2S/c1-17-8-2-3-9-7(6-8)4-5-12(9)10(15)13-11(16)14-12/h2-3,6H,4-5H2,1H3,(H2,13,14,15,16)/t12-/m0/s1. The highest BCUT2D eigenvalue weighted by Gasteiger charge is 2.51. The number of carbonyl (C=O) groups excluding carboxylic acids is 2. The van der Waals surface area contributed by atoms with Crippen molar-refractivity contribution < 1.29 is 9.59 Å². The molecule has 1 aromatic rings. The van der Waals surface area contributed by atoms with Crippen LogP contribution >= 0.6 is 11.8 Å². The second-order valence-corrected chi connectivity index (χ2v) is 5.22. The van der Waals surface area contributed by atoms with Gasteiger partial charge in [-0.05, 0) is 42.4 Å². The zero-order valence-electron chi connectivity index (χ0n) is 9.37. The van der Waals surface area contributed by atoms with Gasteiger partial charge in [-0.2, -0.15) is 0 Å². The molecule has 1 aliphatic carbocycles. The molecule has 2 aliphatic rings. The Morgan fingerprint density at radius 3 is 2.82 bits per heavy atom. The first-order valence-electron chi connectivity index (χ1n) is 5.47. The van der Waals surface area contributed by atoms with Crippen molar-refractivity contribution in [2.45, 2.75) is 23.3 Å². The molecule has 0 bridgehead atoms. The van der Waals surface area contributed by atoms with Gasteiger partial charge in [-0.25, -0.2) is 4.79 Å². The number of fused-ring (bicyclic) bond motifs is 2. The first kappa shape index (κ1) is 10.7. The lowest BCUT2D eigenvalue weighted by Gasteiger charge is -2.21. The molecular weight excluding hydrogens is 236 g/mol. The van der Waals surface area contributed by atoms with E-state index in [4.69, 9.17) is 0 Å². The third-order valence-electron chi connectivity index (χ3n) is 3.48. The summed E-state index contributed by atoms with van der Waals surface area (Å²) < 4.78 is 0. The highest BCUT2D eigenvalue weighted by Crippen LogP contribution is 2.40. The largest absolute Gasteiger partial charge is 0.322 e. The molecule has 1 saturated heterocycles.